The Morgan fingerprint density at radius 2 is 2.06 bits per heavy atom. The zero-order chi connectivity index (χ0) is 13.0. The molecule has 94 valence electrons. The molecule has 0 aliphatic heterocycles. The Labute approximate surface area is 106 Å². The molecule has 0 unspecified atom stereocenters. The van der Waals surface area contributed by atoms with Crippen molar-refractivity contribution in [3.8, 4) is 11.8 Å². The van der Waals surface area contributed by atoms with E-state index in [1.54, 1.807) is 31.2 Å². The zero-order valence-electron chi connectivity index (χ0n) is 10.3. The minimum atomic E-state index is -0.128. The first-order valence-corrected chi connectivity index (χ1v) is 6.06. The van der Waals surface area contributed by atoms with E-state index < -0.39 is 0 Å². The number of hydrogen-bond donors (Lipinski definition) is 0. The number of carbonyl (C=O) groups excluding carboxylic acids is 1. The molecule has 0 spiro atoms. The summed E-state index contributed by atoms with van der Waals surface area (Å²) in [6.45, 7) is 2.23. The number of carbonyl (C=O) groups is 1. The lowest BCUT2D eigenvalue weighted by molar-refractivity contribution is -0.154. The van der Waals surface area contributed by atoms with E-state index in [1.807, 2.05) is 0 Å². The maximum absolute atomic E-state index is 11.4. The Morgan fingerprint density at radius 1 is 1.39 bits per heavy atom. The van der Waals surface area contributed by atoms with Crippen molar-refractivity contribution >= 4 is 5.97 Å². The van der Waals surface area contributed by atoms with Crippen LogP contribution in [0.4, 0.5) is 0 Å². The van der Waals surface area contributed by atoms with Crippen molar-refractivity contribution in [3.63, 3.8) is 0 Å². The van der Waals surface area contributed by atoms with E-state index in [9.17, 15) is 4.79 Å². The van der Waals surface area contributed by atoms with Gasteiger partial charge >= 0.3 is 5.97 Å². The minimum absolute atomic E-state index is 0.0201. The molecule has 1 fully saturated rings. The van der Waals surface area contributed by atoms with E-state index >= 15 is 0 Å². The van der Waals surface area contributed by atoms with Gasteiger partial charge in [0.05, 0.1) is 24.2 Å². The number of benzene rings is 1. The molecule has 0 heterocycles. The monoisotopic (exact) mass is 245 g/mol. The summed E-state index contributed by atoms with van der Waals surface area (Å²) in [5, 5.41) is 8.67. The van der Waals surface area contributed by atoms with Crippen molar-refractivity contribution < 1.29 is 14.3 Å². The third-order valence-corrected chi connectivity index (χ3v) is 3.00. The van der Waals surface area contributed by atoms with Crippen molar-refractivity contribution in [1.82, 2.24) is 0 Å². The van der Waals surface area contributed by atoms with Crippen LogP contribution in [0.5, 0.6) is 5.75 Å². The van der Waals surface area contributed by atoms with Gasteiger partial charge in [0.2, 0.25) is 0 Å². The van der Waals surface area contributed by atoms with Gasteiger partial charge in [-0.3, -0.25) is 4.79 Å². The molecular weight excluding hydrogens is 230 g/mol. The molecule has 1 aliphatic carbocycles. The topological polar surface area (TPSA) is 59.3 Å². The number of rotatable bonds is 4. The van der Waals surface area contributed by atoms with Crippen molar-refractivity contribution in [3.05, 3.63) is 29.8 Å². The van der Waals surface area contributed by atoms with Crippen LogP contribution < -0.4 is 4.74 Å². The Kier molecular flexibility index (Phi) is 3.83. The van der Waals surface area contributed by atoms with Crippen LogP contribution in [0, 0.1) is 17.2 Å². The lowest BCUT2D eigenvalue weighted by Gasteiger charge is -2.33. The fraction of sp³-hybridized carbons (Fsp3) is 0.429. The maximum Gasteiger partial charge on any atom is 0.309 e. The first kappa shape index (κ1) is 12.4. The smallest absolute Gasteiger partial charge is 0.309 e. The van der Waals surface area contributed by atoms with Gasteiger partial charge in [-0.05, 0) is 44.0 Å². The largest absolute Gasteiger partial charge is 0.490 e. The average molecular weight is 245 g/mol. The summed E-state index contributed by atoms with van der Waals surface area (Å²) in [4.78, 5) is 11.4. The summed E-state index contributed by atoms with van der Waals surface area (Å²) in [5.41, 5.74) is 0.611. The molecular formula is C14H15NO3. The van der Waals surface area contributed by atoms with Gasteiger partial charge in [-0.1, -0.05) is 0 Å². The average Bonchev–Trinajstić information content (AvgIpc) is 2.34. The van der Waals surface area contributed by atoms with Gasteiger partial charge in [0, 0.05) is 0 Å². The molecule has 1 aromatic carbocycles. The molecule has 1 aliphatic rings. The number of ether oxygens (including phenoxy) is 2. The van der Waals surface area contributed by atoms with Crippen LogP contribution >= 0.6 is 0 Å². The predicted octanol–water partition coefficient (Wildman–Crippen LogP) is 2.28. The van der Waals surface area contributed by atoms with E-state index in [0.717, 1.165) is 5.75 Å². The molecule has 1 aromatic rings. The first-order chi connectivity index (χ1) is 8.72. The molecule has 0 N–H and O–H groups in total. The third-order valence-electron chi connectivity index (χ3n) is 3.00. The summed E-state index contributed by atoms with van der Waals surface area (Å²) in [5.74, 6) is 0.590. The van der Waals surface area contributed by atoms with Crippen LogP contribution in [0.15, 0.2) is 24.3 Å². The molecule has 0 atom stereocenters. The van der Waals surface area contributed by atoms with Crippen molar-refractivity contribution in [2.24, 2.45) is 5.92 Å². The third kappa shape index (κ3) is 2.80. The van der Waals surface area contributed by atoms with Crippen LogP contribution in [-0.4, -0.2) is 18.7 Å². The molecule has 0 bridgehead atoms. The minimum Gasteiger partial charge on any atom is -0.490 e. The Morgan fingerprint density at radius 3 is 2.61 bits per heavy atom. The number of esters is 1. The Balaban J connectivity index is 1.79. The zero-order valence-corrected chi connectivity index (χ0v) is 10.3. The molecule has 1 saturated carbocycles. The molecule has 4 nitrogen and oxygen atoms in total. The van der Waals surface area contributed by atoms with Gasteiger partial charge in [-0.15, -0.1) is 0 Å². The second-order valence-corrected chi connectivity index (χ2v) is 4.30. The highest BCUT2D eigenvalue weighted by Crippen LogP contribution is 2.32. The second-order valence-electron chi connectivity index (χ2n) is 4.30. The fourth-order valence-electron chi connectivity index (χ4n) is 1.91. The Bertz CT molecular complexity index is 455. The van der Waals surface area contributed by atoms with Gasteiger partial charge in [-0.25, -0.2) is 0 Å². The number of nitriles is 1. The van der Waals surface area contributed by atoms with Gasteiger partial charge in [0.15, 0.2) is 0 Å². The van der Waals surface area contributed by atoms with Crippen LogP contribution in [0.25, 0.3) is 0 Å². The molecule has 0 amide bonds. The molecule has 2 rings (SSSR count). The van der Waals surface area contributed by atoms with Crippen LogP contribution in [0.3, 0.4) is 0 Å². The SMILES string of the molecule is CCOC(=O)[C@H]1C[C@H](Oc2ccc(C#N)cc2)C1. The quantitative estimate of drug-likeness (QED) is 0.763. The highest BCUT2D eigenvalue weighted by atomic mass is 16.5. The lowest BCUT2D eigenvalue weighted by Crippen LogP contribution is -2.39. The summed E-state index contributed by atoms with van der Waals surface area (Å²) in [6.07, 6.45) is 1.49. The maximum atomic E-state index is 11.4. The summed E-state index contributed by atoms with van der Waals surface area (Å²) in [6, 6.07) is 9.04. The summed E-state index contributed by atoms with van der Waals surface area (Å²) >= 11 is 0. The Hall–Kier alpha value is -2.02. The van der Waals surface area contributed by atoms with Crippen molar-refractivity contribution in [2.75, 3.05) is 6.61 Å². The molecule has 18 heavy (non-hydrogen) atoms. The van der Waals surface area contributed by atoms with E-state index in [4.69, 9.17) is 14.7 Å². The summed E-state index contributed by atoms with van der Waals surface area (Å²) in [7, 11) is 0. The van der Waals surface area contributed by atoms with E-state index in [2.05, 4.69) is 6.07 Å². The van der Waals surface area contributed by atoms with Crippen LogP contribution in [-0.2, 0) is 9.53 Å². The summed E-state index contributed by atoms with van der Waals surface area (Å²) < 4.78 is 10.6. The van der Waals surface area contributed by atoms with Gasteiger partial charge in [-0.2, -0.15) is 5.26 Å². The van der Waals surface area contributed by atoms with Crippen molar-refractivity contribution in [1.29, 1.82) is 5.26 Å². The second kappa shape index (κ2) is 5.54. The standard InChI is InChI=1S/C14H15NO3/c1-2-17-14(16)11-7-13(8-11)18-12-5-3-10(9-15)4-6-12/h3-6,11,13H,2,7-8H2,1H3/t11-,13-. The van der Waals surface area contributed by atoms with Gasteiger partial charge in [0.1, 0.15) is 11.9 Å². The predicted molar refractivity (Wildman–Crippen MR) is 64.9 cm³/mol. The fourth-order valence-corrected chi connectivity index (χ4v) is 1.91. The molecule has 0 radical (unpaired) electrons. The van der Waals surface area contributed by atoms with Gasteiger partial charge < -0.3 is 9.47 Å². The van der Waals surface area contributed by atoms with E-state index in [0.29, 0.717) is 25.0 Å². The highest BCUT2D eigenvalue weighted by Gasteiger charge is 2.37. The normalized spacial score (nSPS) is 21.6. The van der Waals surface area contributed by atoms with Crippen molar-refractivity contribution in [2.45, 2.75) is 25.9 Å². The van der Waals surface area contributed by atoms with Crippen LogP contribution in [0.1, 0.15) is 25.3 Å². The van der Waals surface area contributed by atoms with Gasteiger partial charge in [0.25, 0.3) is 0 Å². The molecule has 0 aromatic heterocycles. The van der Waals surface area contributed by atoms with Crippen LogP contribution in [0.2, 0.25) is 0 Å². The highest BCUT2D eigenvalue weighted by molar-refractivity contribution is 5.73. The van der Waals surface area contributed by atoms with E-state index in [-0.39, 0.29) is 18.0 Å². The lowest BCUT2D eigenvalue weighted by atomic mass is 9.82. The first-order valence-electron chi connectivity index (χ1n) is 6.06. The molecule has 0 saturated heterocycles. The number of nitrogens with zero attached hydrogens (tertiary/aromatic N) is 1. The molecule has 4 heteroatoms. The van der Waals surface area contributed by atoms with E-state index in [1.165, 1.54) is 0 Å². The number of hydrogen-bond acceptors (Lipinski definition) is 4.